The molecule has 0 spiro atoms. The number of hydrogen-bond donors (Lipinski definition) is 0. The summed E-state index contributed by atoms with van der Waals surface area (Å²) < 4.78 is 41.1. The molecule has 4 rings (SSSR count). The molecule has 7 heteroatoms. The Morgan fingerprint density at radius 1 is 0.920 bits per heavy atom. The maximum atomic E-state index is 12.9. The van der Waals surface area contributed by atoms with Crippen LogP contribution in [0.25, 0.3) is 27.5 Å². The average Bonchev–Trinajstić information content (AvgIpc) is 3.04. The summed E-state index contributed by atoms with van der Waals surface area (Å²) in [7, 11) is 0. The summed E-state index contributed by atoms with van der Waals surface area (Å²) in [6.07, 6.45) is -3.01. The fraction of sp³-hybridized carbons (Fsp3) is 0.111. The van der Waals surface area contributed by atoms with E-state index in [1.54, 1.807) is 18.2 Å². The van der Waals surface area contributed by atoms with Gasteiger partial charge in [0.15, 0.2) is 0 Å². The van der Waals surface area contributed by atoms with Crippen LogP contribution in [0.1, 0.15) is 0 Å². The van der Waals surface area contributed by atoms with E-state index in [0.29, 0.717) is 10.9 Å². The third kappa shape index (κ3) is 2.67. The second-order valence-electron chi connectivity index (χ2n) is 5.70. The number of halogens is 3. The van der Waals surface area contributed by atoms with Crippen LogP contribution in [0, 0.1) is 0 Å². The first-order valence-corrected chi connectivity index (χ1v) is 7.57. The van der Waals surface area contributed by atoms with Crippen molar-refractivity contribution in [2.45, 2.75) is 12.7 Å². The van der Waals surface area contributed by atoms with Gasteiger partial charge in [0.2, 0.25) is 0 Å². The van der Waals surface area contributed by atoms with Crippen molar-refractivity contribution in [3.05, 3.63) is 71.1 Å². The molecule has 0 radical (unpaired) electrons. The van der Waals surface area contributed by atoms with Gasteiger partial charge in [-0.15, -0.1) is 0 Å². The molecule has 0 aliphatic carbocycles. The van der Waals surface area contributed by atoms with Gasteiger partial charge in [-0.1, -0.05) is 36.4 Å². The SMILES string of the molecule is O=c1c2cn(-c3ccccc3)nc2c2ccccc2n1CC(F)(F)F. The van der Waals surface area contributed by atoms with Crippen LogP contribution in [0.4, 0.5) is 13.2 Å². The summed E-state index contributed by atoms with van der Waals surface area (Å²) in [5, 5.41) is 5.10. The van der Waals surface area contributed by atoms with Crippen LogP contribution in [0.3, 0.4) is 0 Å². The number of para-hydroxylation sites is 2. The van der Waals surface area contributed by atoms with E-state index in [1.807, 2.05) is 30.3 Å². The molecular weight excluding hydrogens is 331 g/mol. The molecule has 0 fully saturated rings. The number of nitrogens with zero attached hydrogens (tertiary/aromatic N) is 3. The minimum Gasteiger partial charge on any atom is -0.298 e. The third-order valence-corrected chi connectivity index (χ3v) is 4.00. The Bertz CT molecular complexity index is 1130. The lowest BCUT2D eigenvalue weighted by molar-refractivity contribution is -0.140. The van der Waals surface area contributed by atoms with Crippen molar-refractivity contribution in [3.63, 3.8) is 0 Å². The zero-order valence-corrected chi connectivity index (χ0v) is 12.9. The molecule has 0 aliphatic heterocycles. The molecule has 4 aromatic rings. The van der Waals surface area contributed by atoms with Crippen molar-refractivity contribution in [3.8, 4) is 5.69 Å². The number of alkyl halides is 3. The quantitative estimate of drug-likeness (QED) is 0.554. The van der Waals surface area contributed by atoms with E-state index in [1.165, 1.54) is 16.9 Å². The van der Waals surface area contributed by atoms with E-state index in [2.05, 4.69) is 5.10 Å². The number of benzene rings is 2. The number of pyridine rings is 1. The van der Waals surface area contributed by atoms with Crippen LogP contribution in [0.15, 0.2) is 65.6 Å². The van der Waals surface area contributed by atoms with Gasteiger partial charge in [0.05, 0.1) is 16.6 Å². The number of rotatable bonds is 2. The molecule has 0 unspecified atom stereocenters. The Hall–Kier alpha value is -3.09. The minimum atomic E-state index is -4.49. The molecule has 2 aromatic heterocycles. The Kier molecular flexibility index (Phi) is 3.38. The third-order valence-electron chi connectivity index (χ3n) is 4.00. The molecule has 126 valence electrons. The molecule has 4 nitrogen and oxygen atoms in total. The van der Waals surface area contributed by atoms with Crippen molar-refractivity contribution in [1.82, 2.24) is 14.3 Å². The molecule has 0 aliphatic rings. The molecular formula is C18H12F3N3O. The molecule has 25 heavy (non-hydrogen) atoms. The average molecular weight is 343 g/mol. The summed E-state index contributed by atoms with van der Waals surface area (Å²) in [5.41, 5.74) is 0.635. The summed E-state index contributed by atoms with van der Waals surface area (Å²) in [5.74, 6) is 0. The first-order valence-electron chi connectivity index (χ1n) is 7.57. The molecule has 0 amide bonds. The van der Waals surface area contributed by atoms with Crippen molar-refractivity contribution >= 4 is 21.8 Å². The van der Waals surface area contributed by atoms with Crippen LogP contribution in [0.5, 0.6) is 0 Å². The fourth-order valence-electron chi connectivity index (χ4n) is 2.94. The predicted molar refractivity (Wildman–Crippen MR) is 88.9 cm³/mol. The van der Waals surface area contributed by atoms with Gasteiger partial charge in [-0.3, -0.25) is 9.36 Å². The van der Waals surface area contributed by atoms with Gasteiger partial charge in [-0.05, 0) is 18.2 Å². The van der Waals surface area contributed by atoms with Crippen molar-refractivity contribution in [2.24, 2.45) is 0 Å². The van der Waals surface area contributed by atoms with Gasteiger partial charge in [0.1, 0.15) is 12.1 Å². The second kappa shape index (κ2) is 5.47. The highest BCUT2D eigenvalue weighted by Crippen LogP contribution is 2.25. The summed E-state index contributed by atoms with van der Waals surface area (Å²) in [4.78, 5) is 12.7. The molecule has 2 aromatic carbocycles. The molecule has 0 bridgehead atoms. The van der Waals surface area contributed by atoms with Crippen molar-refractivity contribution in [1.29, 1.82) is 0 Å². The van der Waals surface area contributed by atoms with Crippen molar-refractivity contribution in [2.75, 3.05) is 0 Å². The van der Waals surface area contributed by atoms with Crippen molar-refractivity contribution < 1.29 is 13.2 Å². The maximum absolute atomic E-state index is 12.9. The first kappa shape index (κ1) is 15.4. The Labute approximate surface area is 139 Å². The Morgan fingerprint density at radius 2 is 1.60 bits per heavy atom. The van der Waals surface area contributed by atoms with E-state index in [-0.39, 0.29) is 10.9 Å². The highest BCUT2D eigenvalue weighted by Gasteiger charge is 2.30. The largest absolute Gasteiger partial charge is 0.406 e. The molecule has 0 N–H and O–H groups in total. The van der Waals surface area contributed by atoms with Crippen LogP contribution in [-0.2, 0) is 6.54 Å². The summed E-state index contributed by atoms with van der Waals surface area (Å²) in [6.45, 7) is -1.33. The van der Waals surface area contributed by atoms with E-state index >= 15 is 0 Å². The monoisotopic (exact) mass is 343 g/mol. The lowest BCUT2D eigenvalue weighted by Crippen LogP contribution is -2.28. The molecule has 0 saturated heterocycles. The van der Waals surface area contributed by atoms with E-state index < -0.39 is 18.3 Å². The highest BCUT2D eigenvalue weighted by atomic mass is 19.4. The molecule has 0 saturated carbocycles. The summed E-state index contributed by atoms with van der Waals surface area (Å²) in [6, 6.07) is 15.6. The smallest absolute Gasteiger partial charge is 0.298 e. The fourth-order valence-corrected chi connectivity index (χ4v) is 2.94. The molecule has 2 heterocycles. The lowest BCUT2D eigenvalue weighted by atomic mass is 10.1. The van der Waals surface area contributed by atoms with Gasteiger partial charge in [-0.25, -0.2) is 4.68 Å². The van der Waals surface area contributed by atoms with Crippen LogP contribution < -0.4 is 5.56 Å². The zero-order valence-electron chi connectivity index (χ0n) is 12.9. The van der Waals surface area contributed by atoms with E-state index in [4.69, 9.17) is 0 Å². The van der Waals surface area contributed by atoms with Gasteiger partial charge in [0, 0.05) is 11.6 Å². The van der Waals surface area contributed by atoms with Gasteiger partial charge in [0.25, 0.3) is 5.56 Å². The standard InChI is InChI=1S/C18H12F3N3O/c19-18(20,21)11-23-15-9-5-4-8-13(15)16-14(17(23)25)10-24(22-16)12-6-2-1-3-7-12/h1-10H,11H2. The van der Waals surface area contributed by atoms with E-state index in [9.17, 15) is 18.0 Å². The number of fused-ring (bicyclic) bond motifs is 3. The second-order valence-corrected chi connectivity index (χ2v) is 5.70. The van der Waals surface area contributed by atoms with Crippen LogP contribution in [-0.4, -0.2) is 20.5 Å². The predicted octanol–water partition coefficient (Wildman–Crippen LogP) is 3.90. The van der Waals surface area contributed by atoms with E-state index in [0.717, 1.165) is 10.3 Å². The van der Waals surface area contributed by atoms with Gasteiger partial charge >= 0.3 is 6.18 Å². The molecule has 0 atom stereocenters. The Balaban J connectivity index is 2.07. The lowest BCUT2D eigenvalue weighted by Gasteiger charge is -2.12. The number of hydrogen-bond acceptors (Lipinski definition) is 2. The first-order chi connectivity index (χ1) is 11.9. The number of aromatic nitrogens is 3. The zero-order chi connectivity index (χ0) is 17.6. The van der Waals surface area contributed by atoms with Gasteiger partial charge in [-0.2, -0.15) is 18.3 Å². The maximum Gasteiger partial charge on any atom is 0.406 e. The van der Waals surface area contributed by atoms with Crippen LogP contribution >= 0.6 is 0 Å². The Morgan fingerprint density at radius 3 is 2.32 bits per heavy atom. The van der Waals surface area contributed by atoms with Gasteiger partial charge < -0.3 is 0 Å². The normalized spacial score (nSPS) is 12.1. The van der Waals surface area contributed by atoms with Crippen LogP contribution in [0.2, 0.25) is 0 Å². The highest BCUT2D eigenvalue weighted by molar-refractivity contribution is 6.03. The summed E-state index contributed by atoms with van der Waals surface area (Å²) >= 11 is 0. The topological polar surface area (TPSA) is 39.8 Å². The minimum absolute atomic E-state index is 0.159.